The number of amides is 1. The number of hydrogen-bond acceptors (Lipinski definition) is 3. The Hall–Kier alpha value is -2.17. The highest BCUT2D eigenvalue weighted by Crippen LogP contribution is 2.19. The van der Waals surface area contributed by atoms with Crippen LogP contribution >= 0.6 is 0 Å². The summed E-state index contributed by atoms with van der Waals surface area (Å²) in [5.41, 5.74) is 8.17. The topological polar surface area (TPSA) is 58.4 Å². The number of likely N-dealkylation sites (N-methyl/N-ethyl adjacent to an activating group) is 1. The summed E-state index contributed by atoms with van der Waals surface area (Å²) in [6.45, 7) is 3.25. The summed E-state index contributed by atoms with van der Waals surface area (Å²) >= 11 is 0. The summed E-state index contributed by atoms with van der Waals surface area (Å²) in [5.74, 6) is -0.0214. The maximum Gasteiger partial charge on any atom is 0.242 e. The average molecular weight is 311 g/mol. The molecule has 0 aliphatic heterocycles. The van der Waals surface area contributed by atoms with E-state index in [9.17, 15) is 4.79 Å². The summed E-state index contributed by atoms with van der Waals surface area (Å²) < 4.78 is 0. The second-order valence-electron chi connectivity index (χ2n) is 5.65. The minimum absolute atomic E-state index is 0.0214. The molecule has 0 aliphatic carbocycles. The third-order valence-electron chi connectivity index (χ3n) is 4.03. The first-order valence-corrected chi connectivity index (χ1v) is 7.97. The lowest BCUT2D eigenvalue weighted by atomic mass is 10.0. The van der Waals surface area contributed by atoms with Gasteiger partial charge in [0.15, 0.2) is 0 Å². The van der Waals surface area contributed by atoms with Gasteiger partial charge in [-0.3, -0.25) is 9.69 Å². The molecule has 0 spiro atoms. The van der Waals surface area contributed by atoms with Crippen LogP contribution in [0.1, 0.15) is 30.1 Å². The van der Waals surface area contributed by atoms with Gasteiger partial charge in [0, 0.05) is 12.6 Å². The molecule has 2 unspecified atom stereocenters. The Morgan fingerprint density at radius 2 is 1.57 bits per heavy atom. The van der Waals surface area contributed by atoms with Gasteiger partial charge >= 0.3 is 0 Å². The Morgan fingerprint density at radius 3 is 2.09 bits per heavy atom. The van der Waals surface area contributed by atoms with E-state index in [1.807, 2.05) is 79.5 Å². The van der Waals surface area contributed by atoms with Crippen LogP contribution < -0.4 is 11.1 Å². The van der Waals surface area contributed by atoms with Gasteiger partial charge in [-0.05, 0) is 24.7 Å². The second kappa shape index (κ2) is 8.46. The van der Waals surface area contributed by atoms with Gasteiger partial charge in [0.25, 0.3) is 0 Å². The van der Waals surface area contributed by atoms with Gasteiger partial charge in [0.2, 0.25) is 5.91 Å². The predicted octanol–water partition coefficient (Wildman–Crippen LogP) is 2.50. The molecule has 0 aliphatic rings. The van der Waals surface area contributed by atoms with E-state index in [1.54, 1.807) is 0 Å². The van der Waals surface area contributed by atoms with Gasteiger partial charge < -0.3 is 11.1 Å². The standard InChI is InChI=1S/C19H25N3O/c1-3-22(2)18(16-12-8-5-9-13-16)19(23)21-14-17(20)15-10-6-4-7-11-15/h4-13,17-18H,3,14,20H2,1-2H3,(H,21,23). The highest BCUT2D eigenvalue weighted by atomic mass is 16.2. The van der Waals surface area contributed by atoms with Crippen molar-refractivity contribution in [2.24, 2.45) is 5.73 Å². The Morgan fingerprint density at radius 1 is 1.04 bits per heavy atom. The first kappa shape index (κ1) is 17.2. The highest BCUT2D eigenvalue weighted by Gasteiger charge is 2.24. The van der Waals surface area contributed by atoms with Crippen molar-refractivity contribution in [1.29, 1.82) is 0 Å². The SMILES string of the molecule is CCN(C)C(C(=O)NCC(N)c1ccccc1)c1ccccc1. The lowest BCUT2D eigenvalue weighted by molar-refractivity contribution is -0.126. The van der Waals surface area contributed by atoms with E-state index in [0.717, 1.165) is 17.7 Å². The Bertz CT molecular complexity index is 601. The highest BCUT2D eigenvalue weighted by molar-refractivity contribution is 5.83. The molecule has 2 rings (SSSR count). The van der Waals surface area contributed by atoms with Crippen LogP contribution in [0.15, 0.2) is 60.7 Å². The maximum absolute atomic E-state index is 12.7. The molecule has 122 valence electrons. The molecule has 0 bridgehead atoms. The summed E-state index contributed by atoms with van der Waals surface area (Å²) in [7, 11) is 1.95. The van der Waals surface area contributed by atoms with Crippen molar-refractivity contribution in [2.45, 2.75) is 19.0 Å². The fourth-order valence-corrected chi connectivity index (χ4v) is 2.55. The lowest BCUT2D eigenvalue weighted by Gasteiger charge is -2.27. The summed E-state index contributed by atoms with van der Waals surface area (Å²) in [5, 5.41) is 2.99. The van der Waals surface area contributed by atoms with E-state index >= 15 is 0 Å². The third kappa shape index (κ3) is 4.65. The zero-order valence-corrected chi connectivity index (χ0v) is 13.8. The number of hydrogen-bond donors (Lipinski definition) is 2. The molecule has 0 radical (unpaired) electrons. The summed E-state index contributed by atoms with van der Waals surface area (Å²) in [6.07, 6.45) is 0. The van der Waals surface area contributed by atoms with Crippen molar-refractivity contribution in [3.8, 4) is 0 Å². The molecule has 0 saturated heterocycles. The zero-order valence-electron chi connectivity index (χ0n) is 13.8. The predicted molar refractivity (Wildman–Crippen MR) is 93.9 cm³/mol. The minimum Gasteiger partial charge on any atom is -0.353 e. The van der Waals surface area contributed by atoms with Crippen LogP contribution in [0.25, 0.3) is 0 Å². The zero-order chi connectivity index (χ0) is 16.7. The van der Waals surface area contributed by atoms with Crippen LogP contribution in [0.5, 0.6) is 0 Å². The molecule has 23 heavy (non-hydrogen) atoms. The van der Waals surface area contributed by atoms with E-state index in [-0.39, 0.29) is 18.0 Å². The van der Waals surface area contributed by atoms with Gasteiger partial charge in [-0.1, -0.05) is 67.6 Å². The van der Waals surface area contributed by atoms with Crippen molar-refractivity contribution in [2.75, 3.05) is 20.1 Å². The smallest absolute Gasteiger partial charge is 0.242 e. The van der Waals surface area contributed by atoms with Crippen LogP contribution in [0, 0.1) is 0 Å². The fourth-order valence-electron chi connectivity index (χ4n) is 2.55. The molecule has 0 fully saturated rings. The Labute approximate surface area is 138 Å². The molecule has 3 N–H and O–H groups in total. The van der Waals surface area contributed by atoms with Gasteiger partial charge in [-0.15, -0.1) is 0 Å². The van der Waals surface area contributed by atoms with Crippen molar-refractivity contribution >= 4 is 5.91 Å². The number of rotatable bonds is 7. The molecule has 4 heteroatoms. The lowest BCUT2D eigenvalue weighted by Crippen LogP contribution is -2.41. The van der Waals surface area contributed by atoms with Crippen LogP contribution in [-0.4, -0.2) is 30.9 Å². The normalized spacial score (nSPS) is 13.6. The van der Waals surface area contributed by atoms with Crippen molar-refractivity contribution in [3.63, 3.8) is 0 Å². The molecular weight excluding hydrogens is 286 g/mol. The van der Waals surface area contributed by atoms with Crippen molar-refractivity contribution in [3.05, 3.63) is 71.8 Å². The second-order valence-corrected chi connectivity index (χ2v) is 5.65. The number of nitrogens with zero attached hydrogens (tertiary/aromatic N) is 1. The quantitative estimate of drug-likeness (QED) is 0.826. The van der Waals surface area contributed by atoms with Gasteiger partial charge in [-0.25, -0.2) is 0 Å². The number of nitrogens with one attached hydrogen (secondary N) is 1. The van der Waals surface area contributed by atoms with Crippen LogP contribution in [0.3, 0.4) is 0 Å². The first-order valence-electron chi connectivity index (χ1n) is 7.97. The van der Waals surface area contributed by atoms with Crippen LogP contribution in [-0.2, 0) is 4.79 Å². The van der Waals surface area contributed by atoms with Gasteiger partial charge in [0.1, 0.15) is 6.04 Å². The van der Waals surface area contributed by atoms with E-state index in [2.05, 4.69) is 5.32 Å². The maximum atomic E-state index is 12.7. The molecule has 0 heterocycles. The Balaban J connectivity index is 2.04. The molecule has 4 nitrogen and oxygen atoms in total. The number of carbonyl (C=O) groups excluding carboxylic acids is 1. The van der Waals surface area contributed by atoms with Crippen molar-refractivity contribution in [1.82, 2.24) is 10.2 Å². The Kier molecular flexibility index (Phi) is 6.32. The first-order chi connectivity index (χ1) is 11.1. The van der Waals surface area contributed by atoms with Crippen LogP contribution in [0.4, 0.5) is 0 Å². The minimum atomic E-state index is -0.302. The number of benzene rings is 2. The number of nitrogens with two attached hydrogens (primary N) is 1. The monoisotopic (exact) mass is 311 g/mol. The van der Waals surface area contributed by atoms with E-state index < -0.39 is 0 Å². The number of carbonyl (C=O) groups is 1. The van der Waals surface area contributed by atoms with Gasteiger partial charge in [0.05, 0.1) is 0 Å². The van der Waals surface area contributed by atoms with E-state index in [1.165, 1.54) is 0 Å². The van der Waals surface area contributed by atoms with Gasteiger partial charge in [-0.2, -0.15) is 0 Å². The molecule has 1 amide bonds. The molecule has 0 aromatic heterocycles. The van der Waals surface area contributed by atoms with E-state index in [0.29, 0.717) is 6.54 Å². The molecular formula is C19H25N3O. The average Bonchev–Trinajstić information content (AvgIpc) is 2.61. The van der Waals surface area contributed by atoms with Crippen LogP contribution in [0.2, 0.25) is 0 Å². The summed E-state index contributed by atoms with van der Waals surface area (Å²) in [6, 6.07) is 19.1. The largest absolute Gasteiger partial charge is 0.353 e. The summed E-state index contributed by atoms with van der Waals surface area (Å²) in [4.78, 5) is 14.7. The molecule has 2 aromatic carbocycles. The van der Waals surface area contributed by atoms with Crippen molar-refractivity contribution < 1.29 is 4.79 Å². The van der Waals surface area contributed by atoms with E-state index in [4.69, 9.17) is 5.73 Å². The third-order valence-corrected chi connectivity index (χ3v) is 4.03. The molecule has 0 saturated carbocycles. The molecule has 2 atom stereocenters. The molecule has 2 aromatic rings. The fraction of sp³-hybridized carbons (Fsp3) is 0.316.